The molecule has 0 heterocycles. The molecule has 0 radical (unpaired) electrons. The molecule has 3 rings (SSSR count). The van der Waals surface area contributed by atoms with E-state index in [2.05, 4.69) is 5.32 Å². The van der Waals surface area contributed by atoms with Crippen LogP contribution in [0.4, 0.5) is 15.8 Å². The zero-order chi connectivity index (χ0) is 17.2. The minimum atomic E-state index is -1.01. The number of nitrogens with zero attached hydrogens (tertiary/aromatic N) is 1. The maximum Gasteiger partial charge on any atom is 0.242 e. The summed E-state index contributed by atoms with van der Waals surface area (Å²) in [4.78, 5) is 27.2. The van der Waals surface area contributed by atoms with Gasteiger partial charge in [0.05, 0.1) is 0 Å². The van der Waals surface area contributed by atoms with Crippen molar-refractivity contribution in [3.8, 4) is 0 Å². The molecule has 0 aliphatic heterocycles. The van der Waals surface area contributed by atoms with E-state index in [0.717, 1.165) is 5.69 Å². The molecule has 0 unspecified atom stereocenters. The SMILES string of the molecule is CCN(C(=O)C1(C(=O)Nc2ccc(F)cc2)CC1)c1ccccc1. The standard InChI is InChI=1S/C19H19FN2O2/c1-2-22(16-6-4-3-5-7-16)18(24)19(12-13-19)17(23)21-15-10-8-14(20)9-11-15/h3-11H,2,12-13H2,1H3,(H,21,23). The lowest BCUT2D eigenvalue weighted by Crippen LogP contribution is -2.43. The average molecular weight is 326 g/mol. The predicted octanol–water partition coefficient (Wildman–Crippen LogP) is 3.60. The summed E-state index contributed by atoms with van der Waals surface area (Å²) in [5.41, 5.74) is 0.259. The van der Waals surface area contributed by atoms with Crippen LogP contribution in [0.15, 0.2) is 54.6 Å². The van der Waals surface area contributed by atoms with E-state index >= 15 is 0 Å². The van der Waals surface area contributed by atoms with E-state index in [-0.39, 0.29) is 17.6 Å². The van der Waals surface area contributed by atoms with Crippen LogP contribution in [-0.4, -0.2) is 18.4 Å². The number of amides is 2. The van der Waals surface area contributed by atoms with Crippen molar-refractivity contribution in [2.75, 3.05) is 16.8 Å². The third kappa shape index (κ3) is 3.02. The van der Waals surface area contributed by atoms with Gasteiger partial charge in [0.2, 0.25) is 11.8 Å². The highest BCUT2D eigenvalue weighted by atomic mass is 19.1. The molecule has 2 aromatic rings. The van der Waals surface area contributed by atoms with Gasteiger partial charge < -0.3 is 10.2 Å². The van der Waals surface area contributed by atoms with Crippen LogP contribution < -0.4 is 10.2 Å². The highest BCUT2D eigenvalue weighted by molar-refractivity contribution is 6.17. The van der Waals surface area contributed by atoms with E-state index < -0.39 is 5.41 Å². The lowest BCUT2D eigenvalue weighted by atomic mass is 10.0. The summed E-state index contributed by atoms with van der Waals surface area (Å²) in [6.07, 6.45) is 1.06. The molecule has 5 heteroatoms. The molecule has 0 bridgehead atoms. The molecule has 1 aliphatic rings. The van der Waals surface area contributed by atoms with Crippen LogP contribution in [0.1, 0.15) is 19.8 Å². The van der Waals surface area contributed by atoms with Crippen LogP contribution in [0.3, 0.4) is 0 Å². The van der Waals surface area contributed by atoms with Crippen LogP contribution in [0, 0.1) is 11.2 Å². The molecule has 0 saturated heterocycles. The van der Waals surface area contributed by atoms with Crippen molar-refractivity contribution in [2.45, 2.75) is 19.8 Å². The van der Waals surface area contributed by atoms with Crippen molar-refractivity contribution in [3.05, 3.63) is 60.4 Å². The molecule has 4 nitrogen and oxygen atoms in total. The largest absolute Gasteiger partial charge is 0.325 e. The first-order valence-corrected chi connectivity index (χ1v) is 8.01. The molecule has 124 valence electrons. The van der Waals surface area contributed by atoms with Gasteiger partial charge in [0.15, 0.2) is 0 Å². The van der Waals surface area contributed by atoms with E-state index in [1.165, 1.54) is 24.3 Å². The van der Waals surface area contributed by atoms with E-state index in [4.69, 9.17) is 0 Å². The van der Waals surface area contributed by atoms with E-state index in [0.29, 0.717) is 25.1 Å². The second kappa shape index (κ2) is 6.43. The summed E-state index contributed by atoms with van der Waals surface area (Å²) in [6, 6.07) is 14.9. The van der Waals surface area contributed by atoms with Crippen molar-refractivity contribution >= 4 is 23.2 Å². The number of carbonyl (C=O) groups excluding carboxylic acids is 2. The second-order valence-electron chi connectivity index (χ2n) is 5.93. The fourth-order valence-corrected chi connectivity index (χ4v) is 2.76. The minimum Gasteiger partial charge on any atom is -0.325 e. The fraction of sp³-hybridized carbons (Fsp3) is 0.263. The average Bonchev–Trinajstić information content (AvgIpc) is 3.40. The van der Waals surface area contributed by atoms with E-state index in [1.807, 2.05) is 37.3 Å². The fourth-order valence-electron chi connectivity index (χ4n) is 2.76. The molecule has 0 aromatic heterocycles. The minimum absolute atomic E-state index is 0.184. The number of hydrogen-bond acceptors (Lipinski definition) is 2. The summed E-state index contributed by atoms with van der Waals surface area (Å²) in [7, 11) is 0. The lowest BCUT2D eigenvalue weighted by Gasteiger charge is -2.26. The molecule has 1 saturated carbocycles. The third-order valence-electron chi connectivity index (χ3n) is 4.33. The number of benzene rings is 2. The van der Waals surface area contributed by atoms with Crippen molar-refractivity contribution in [3.63, 3.8) is 0 Å². The van der Waals surface area contributed by atoms with Crippen LogP contribution in [-0.2, 0) is 9.59 Å². The zero-order valence-corrected chi connectivity index (χ0v) is 13.5. The van der Waals surface area contributed by atoms with Gasteiger partial charge in [-0.3, -0.25) is 9.59 Å². The molecule has 0 atom stereocenters. The van der Waals surface area contributed by atoms with Crippen LogP contribution in [0.25, 0.3) is 0 Å². The Morgan fingerprint density at radius 1 is 1.08 bits per heavy atom. The summed E-state index contributed by atoms with van der Waals surface area (Å²) < 4.78 is 13.0. The molecular formula is C19H19FN2O2. The summed E-state index contributed by atoms with van der Waals surface area (Å²) in [6.45, 7) is 2.38. The number of anilines is 2. The highest BCUT2D eigenvalue weighted by Crippen LogP contribution is 2.48. The first-order valence-electron chi connectivity index (χ1n) is 8.01. The molecular weight excluding hydrogens is 307 g/mol. The molecule has 1 aliphatic carbocycles. The molecule has 1 fully saturated rings. The van der Waals surface area contributed by atoms with Crippen LogP contribution >= 0.6 is 0 Å². The molecule has 2 amide bonds. The predicted molar refractivity (Wildman–Crippen MR) is 91.2 cm³/mol. The maximum absolute atomic E-state index is 13.0. The first kappa shape index (κ1) is 16.2. The van der Waals surface area contributed by atoms with Gasteiger partial charge in [-0.2, -0.15) is 0 Å². The Kier molecular flexibility index (Phi) is 4.34. The van der Waals surface area contributed by atoms with Gasteiger partial charge in [-0.25, -0.2) is 4.39 Å². The number of nitrogens with one attached hydrogen (secondary N) is 1. The van der Waals surface area contributed by atoms with Crippen LogP contribution in [0.2, 0.25) is 0 Å². The van der Waals surface area contributed by atoms with Crippen molar-refractivity contribution in [1.82, 2.24) is 0 Å². The maximum atomic E-state index is 13.0. The molecule has 0 spiro atoms. The summed E-state index contributed by atoms with van der Waals surface area (Å²) >= 11 is 0. The van der Waals surface area contributed by atoms with Crippen LogP contribution in [0.5, 0.6) is 0 Å². The number of hydrogen-bond donors (Lipinski definition) is 1. The van der Waals surface area contributed by atoms with E-state index in [9.17, 15) is 14.0 Å². The Morgan fingerprint density at radius 2 is 1.71 bits per heavy atom. The number of halogens is 1. The van der Waals surface area contributed by atoms with Gasteiger partial charge in [0.1, 0.15) is 11.2 Å². The van der Waals surface area contributed by atoms with E-state index in [1.54, 1.807) is 4.90 Å². The number of rotatable bonds is 5. The van der Waals surface area contributed by atoms with Crippen molar-refractivity contribution in [2.24, 2.45) is 5.41 Å². The Balaban J connectivity index is 1.78. The first-order chi connectivity index (χ1) is 11.6. The monoisotopic (exact) mass is 326 g/mol. The van der Waals surface area contributed by atoms with Crippen molar-refractivity contribution in [1.29, 1.82) is 0 Å². The summed E-state index contributed by atoms with van der Waals surface area (Å²) in [5.74, 6) is -0.879. The van der Waals surface area contributed by atoms with Gasteiger partial charge in [0, 0.05) is 17.9 Å². The quantitative estimate of drug-likeness (QED) is 0.854. The Bertz CT molecular complexity index is 740. The number of para-hydroxylation sites is 1. The lowest BCUT2D eigenvalue weighted by molar-refractivity contribution is -0.132. The number of carbonyl (C=O) groups is 2. The smallest absolute Gasteiger partial charge is 0.242 e. The van der Waals surface area contributed by atoms with Gasteiger partial charge in [-0.15, -0.1) is 0 Å². The van der Waals surface area contributed by atoms with Crippen molar-refractivity contribution < 1.29 is 14.0 Å². The molecule has 24 heavy (non-hydrogen) atoms. The highest BCUT2D eigenvalue weighted by Gasteiger charge is 2.58. The Labute approximate surface area is 140 Å². The molecule has 1 N–H and O–H groups in total. The molecule has 2 aromatic carbocycles. The third-order valence-corrected chi connectivity index (χ3v) is 4.33. The Hall–Kier alpha value is -2.69. The van der Waals surface area contributed by atoms with Gasteiger partial charge in [-0.1, -0.05) is 18.2 Å². The second-order valence-corrected chi connectivity index (χ2v) is 5.93. The van der Waals surface area contributed by atoms with Gasteiger partial charge in [0.25, 0.3) is 0 Å². The zero-order valence-electron chi connectivity index (χ0n) is 13.5. The normalized spacial score (nSPS) is 14.8. The topological polar surface area (TPSA) is 49.4 Å². The van der Waals surface area contributed by atoms with Gasteiger partial charge in [-0.05, 0) is 56.2 Å². The summed E-state index contributed by atoms with van der Waals surface area (Å²) in [5, 5.41) is 2.73. The Morgan fingerprint density at radius 3 is 2.25 bits per heavy atom. The van der Waals surface area contributed by atoms with Gasteiger partial charge >= 0.3 is 0 Å².